The van der Waals surface area contributed by atoms with Crippen LogP contribution >= 0.6 is 0 Å². The van der Waals surface area contributed by atoms with Crippen LogP contribution in [0.3, 0.4) is 0 Å². The number of nitrogens with zero attached hydrogens (tertiary/aromatic N) is 3. The smallest absolute Gasteiger partial charge is 0.274 e. The molecule has 154 valence electrons. The fraction of sp³-hybridized carbons (Fsp3) is 0.227. The van der Waals surface area contributed by atoms with E-state index in [1.165, 1.54) is 16.1 Å². The summed E-state index contributed by atoms with van der Waals surface area (Å²) in [5, 5.41) is 9.50. The zero-order valence-corrected chi connectivity index (χ0v) is 17.0. The Bertz CT molecular complexity index is 1200. The molecular formula is C22H24N6O2. The molecule has 4 rings (SSSR count). The summed E-state index contributed by atoms with van der Waals surface area (Å²) in [5.41, 5.74) is 3.77. The Morgan fingerprint density at radius 3 is 2.60 bits per heavy atom. The lowest BCUT2D eigenvalue weighted by Gasteiger charge is -2.10. The van der Waals surface area contributed by atoms with E-state index in [2.05, 4.69) is 38.7 Å². The molecule has 0 atom stereocenters. The fourth-order valence-corrected chi connectivity index (χ4v) is 3.21. The van der Waals surface area contributed by atoms with Gasteiger partial charge in [0.05, 0.1) is 19.3 Å². The molecule has 0 fully saturated rings. The lowest BCUT2D eigenvalue weighted by Crippen LogP contribution is -2.17. The van der Waals surface area contributed by atoms with Crippen molar-refractivity contribution in [3.63, 3.8) is 0 Å². The minimum atomic E-state index is -0.203. The largest absolute Gasteiger partial charge is 0.497 e. The molecule has 2 heterocycles. The number of hydrogen-bond donors (Lipinski definition) is 3. The van der Waals surface area contributed by atoms with Crippen molar-refractivity contribution in [3.05, 3.63) is 81.8 Å². The predicted octanol–water partition coefficient (Wildman–Crippen LogP) is 3.21. The third-order valence-electron chi connectivity index (χ3n) is 4.86. The molecule has 0 radical (unpaired) electrons. The summed E-state index contributed by atoms with van der Waals surface area (Å²) in [4.78, 5) is 21.4. The Morgan fingerprint density at radius 2 is 1.83 bits per heavy atom. The number of rotatable bonds is 8. The fourth-order valence-electron chi connectivity index (χ4n) is 3.21. The number of H-pyrrole nitrogens is 1. The van der Waals surface area contributed by atoms with Crippen molar-refractivity contribution >= 4 is 17.4 Å². The first-order valence-corrected chi connectivity index (χ1v) is 9.83. The van der Waals surface area contributed by atoms with Crippen LogP contribution in [0.25, 0.3) is 5.78 Å². The average molecular weight is 404 g/mol. The van der Waals surface area contributed by atoms with Crippen molar-refractivity contribution in [3.8, 4) is 5.75 Å². The van der Waals surface area contributed by atoms with Gasteiger partial charge in [0.1, 0.15) is 5.75 Å². The molecule has 0 saturated carbocycles. The average Bonchev–Trinajstić information content (AvgIpc) is 3.20. The van der Waals surface area contributed by atoms with Gasteiger partial charge in [0, 0.05) is 18.3 Å². The summed E-state index contributed by atoms with van der Waals surface area (Å²) in [6.07, 6.45) is 0.931. The van der Waals surface area contributed by atoms with E-state index < -0.39 is 0 Å². The molecule has 2 aromatic carbocycles. The molecule has 2 aromatic heterocycles. The van der Waals surface area contributed by atoms with Crippen molar-refractivity contribution < 1.29 is 4.74 Å². The van der Waals surface area contributed by atoms with E-state index >= 15 is 0 Å². The normalized spacial score (nSPS) is 10.9. The van der Waals surface area contributed by atoms with E-state index in [-0.39, 0.29) is 5.56 Å². The maximum Gasteiger partial charge on any atom is 0.274 e. The van der Waals surface area contributed by atoms with E-state index in [1.54, 1.807) is 7.11 Å². The molecule has 8 nitrogen and oxygen atoms in total. The number of fused-ring (bicyclic) bond motifs is 1. The van der Waals surface area contributed by atoms with Crippen molar-refractivity contribution in [2.24, 2.45) is 0 Å². The summed E-state index contributed by atoms with van der Waals surface area (Å²) in [7, 11) is 1.64. The predicted molar refractivity (Wildman–Crippen MR) is 117 cm³/mol. The minimum Gasteiger partial charge on any atom is -0.497 e. The SMILES string of the molecule is CCc1ccccc1NCc1cc(=O)n2[nH]c(NCc3ccc(OC)cc3)nc2n1. The Kier molecular flexibility index (Phi) is 5.65. The van der Waals surface area contributed by atoms with E-state index in [9.17, 15) is 4.79 Å². The van der Waals surface area contributed by atoms with Crippen LogP contribution in [0.4, 0.5) is 11.6 Å². The molecule has 4 aromatic rings. The highest BCUT2D eigenvalue weighted by Crippen LogP contribution is 2.16. The number of para-hydroxylation sites is 1. The highest BCUT2D eigenvalue weighted by molar-refractivity contribution is 5.51. The lowest BCUT2D eigenvalue weighted by molar-refractivity contribution is 0.414. The van der Waals surface area contributed by atoms with Gasteiger partial charge in [-0.25, -0.2) is 4.98 Å². The van der Waals surface area contributed by atoms with Gasteiger partial charge >= 0.3 is 0 Å². The van der Waals surface area contributed by atoms with Crippen molar-refractivity contribution in [2.45, 2.75) is 26.4 Å². The third kappa shape index (κ3) is 4.27. The molecule has 0 bridgehead atoms. The summed E-state index contributed by atoms with van der Waals surface area (Å²) in [6, 6.07) is 17.4. The second kappa shape index (κ2) is 8.69. The van der Waals surface area contributed by atoms with Gasteiger partial charge in [-0.3, -0.25) is 9.89 Å². The third-order valence-corrected chi connectivity index (χ3v) is 4.86. The second-order valence-corrected chi connectivity index (χ2v) is 6.86. The van der Waals surface area contributed by atoms with Gasteiger partial charge in [-0.15, -0.1) is 0 Å². The van der Waals surface area contributed by atoms with E-state index in [1.807, 2.05) is 42.5 Å². The molecule has 0 unspecified atom stereocenters. The highest BCUT2D eigenvalue weighted by Gasteiger charge is 2.09. The molecule has 0 aliphatic carbocycles. The maximum absolute atomic E-state index is 12.5. The minimum absolute atomic E-state index is 0.203. The van der Waals surface area contributed by atoms with Crippen molar-refractivity contribution in [2.75, 3.05) is 17.7 Å². The number of anilines is 2. The summed E-state index contributed by atoms with van der Waals surface area (Å²) in [5.74, 6) is 1.62. The number of aryl methyl sites for hydroxylation is 1. The number of ether oxygens (including phenoxy) is 1. The number of benzene rings is 2. The summed E-state index contributed by atoms with van der Waals surface area (Å²) < 4.78 is 6.50. The topological polar surface area (TPSA) is 96.3 Å². The van der Waals surface area contributed by atoms with Gasteiger partial charge in [0.15, 0.2) is 0 Å². The molecule has 30 heavy (non-hydrogen) atoms. The van der Waals surface area contributed by atoms with Crippen LogP contribution in [0.5, 0.6) is 5.75 Å². The van der Waals surface area contributed by atoms with Crippen LogP contribution in [0.1, 0.15) is 23.7 Å². The van der Waals surface area contributed by atoms with Crippen LogP contribution in [0.15, 0.2) is 59.4 Å². The van der Waals surface area contributed by atoms with Crippen LogP contribution in [-0.2, 0) is 19.5 Å². The Morgan fingerprint density at radius 1 is 1.03 bits per heavy atom. The van der Waals surface area contributed by atoms with Crippen LogP contribution in [-0.4, -0.2) is 26.7 Å². The number of aromatic nitrogens is 4. The first-order chi connectivity index (χ1) is 14.7. The summed E-state index contributed by atoms with van der Waals surface area (Å²) in [6.45, 7) is 3.12. The highest BCUT2D eigenvalue weighted by atomic mass is 16.5. The molecule has 0 aliphatic rings. The molecule has 0 spiro atoms. The Hall–Kier alpha value is -3.81. The van der Waals surface area contributed by atoms with Crippen molar-refractivity contribution in [1.29, 1.82) is 0 Å². The van der Waals surface area contributed by atoms with Gasteiger partial charge in [-0.1, -0.05) is 37.3 Å². The molecular weight excluding hydrogens is 380 g/mol. The molecule has 0 aliphatic heterocycles. The van der Waals surface area contributed by atoms with E-state index in [4.69, 9.17) is 4.74 Å². The zero-order valence-electron chi connectivity index (χ0n) is 17.0. The van der Waals surface area contributed by atoms with Gasteiger partial charge in [-0.05, 0) is 35.7 Å². The lowest BCUT2D eigenvalue weighted by atomic mass is 10.1. The van der Waals surface area contributed by atoms with Crippen molar-refractivity contribution in [1.82, 2.24) is 19.6 Å². The first-order valence-electron chi connectivity index (χ1n) is 9.83. The number of aromatic amines is 1. The van der Waals surface area contributed by atoms with Crippen LogP contribution in [0.2, 0.25) is 0 Å². The van der Waals surface area contributed by atoms with Gasteiger partial charge < -0.3 is 15.4 Å². The molecule has 8 heteroatoms. The molecule has 3 N–H and O–H groups in total. The molecule has 0 amide bonds. The Balaban J connectivity index is 1.47. The maximum atomic E-state index is 12.5. The zero-order chi connectivity index (χ0) is 20.9. The molecule has 0 saturated heterocycles. The van der Waals surface area contributed by atoms with Gasteiger partial charge in [-0.2, -0.15) is 9.50 Å². The number of hydrogen-bond acceptors (Lipinski definition) is 6. The standard InChI is InChI=1S/C22H24N6O2/c1-3-16-6-4-5-7-19(16)23-14-17-12-20(29)28-22(25-17)26-21(27-28)24-13-15-8-10-18(30-2)11-9-15/h4-12,23H,3,13-14H2,1-2H3,(H2,24,25,26,27). The monoisotopic (exact) mass is 404 g/mol. The summed E-state index contributed by atoms with van der Waals surface area (Å²) >= 11 is 0. The quantitative estimate of drug-likeness (QED) is 0.417. The Labute approximate surface area is 173 Å². The van der Waals surface area contributed by atoms with Gasteiger partial charge in [0.2, 0.25) is 5.95 Å². The van der Waals surface area contributed by atoms with E-state index in [0.29, 0.717) is 30.5 Å². The second-order valence-electron chi connectivity index (χ2n) is 6.86. The van der Waals surface area contributed by atoms with Crippen LogP contribution < -0.4 is 20.9 Å². The van der Waals surface area contributed by atoms with Crippen LogP contribution in [0, 0.1) is 0 Å². The first kappa shape index (κ1) is 19.5. The van der Waals surface area contributed by atoms with E-state index in [0.717, 1.165) is 23.4 Å². The number of nitrogens with one attached hydrogen (secondary N) is 3. The van der Waals surface area contributed by atoms with Gasteiger partial charge in [0.25, 0.3) is 11.3 Å². The number of methoxy groups -OCH3 is 1.